The summed E-state index contributed by atoms with van der Waals surface area (Å²) in [6, 6.07) is 10.8. The largest absolute Gasteiger partial charge is 0.496 e. The number of hydrogen-bond donors (Lipinski definition) is 1. The molecule has 20 heavy (non-hydrogen) atoms. The first kappa shape index (κ1) is 14.9. The van der Waals surface area contributed by atoms with E-state index in [0.29, 0.717) is 10.2 Å². The first-order valence-electron chi connectivity index (χ1n) is 6.38. The molecule has 1 atom stereocenters. The second-order valence-corrected chi connectivity index (χ2v) is 5.56. The van der Waals surface area contributed by atoms with E-state index in [2.05, 4.69) is 21.2 Å². The third-order valence-corrected chi connectivity index (χ3v) is 3.84. The van der Waals surface area contributed by atoms with Crippen molar-refractivity contribution in [1.29, 1.82) is 0 Å². The second kappa shape index (κ2) is 6.27. The molecule has 0 bridgehead atoms. The number of benzene rings is 2. The van der Waals surface area contributed by atoms with Crippen LogP contribution in [0, 0.1) is 12.7 Å². The maximum atomic E-state index is 13.9. The average molecular weight is 338 g/mol. The Kier molecular flexibility index (Phi) is 4.65. The molecule has 0 saturated carbocycles. The smallest absolute Gasteiger partial charge is 0.147 e. The number of rotatable bonds is 4. The van der Waals surface area contributed by atoms with Gasteiger partial charge in [-0.05, 0) is 48.0 Å². The summed E-state index contributed by atoms with van der Waals surface area (Å²) in [4.78, 5) is 0. The fourth-order valence-electron chi connectivity index (χ4n) is 2.12. The minimum atomic E-state index is -0.280. The van der Waals surface area contributed by atoms with E-state index in [1.54, 1.807) is 13.2 Å². The molecule has 0 spiro atoms. The lowest BCUT2D eigenvalue weighted by molar-refractivity contribution is 0.407. The van der Waals surface area contributed by atoms with Gasteiger partial charge in [-0.2, -0.15) is 0 Å². The van der Waals surface area contributed by atoms with Crippen molar-refractivity contribution in [1.82, 2.24) is 0 Å². The molecule has 2 nitrogen and oxygen atoms in total. The van der Waals surface area contributed by atoms with Crippen LogP contribution in [0.15, 0.2) is 40.9 Å². The van der Waals surface area contributed by atoms with Gasteiger partial charge in [0.15, 0.2) is 0 Å². The summed E-state index contributed by atoms with van der Waals surface area (Å²) in [6.45, 7) is 4.00. The van der Waals surface area contributed by atoms with Crippen LogP contribution in [0.5, 0.6) is 5.75 Å². The highest BCUT2D eigenvalue weighted by Gasteiger charge is 2.15. The first-order valence-corrected chi connectivity index (χ1v) is 7.17. The van der Waals surface area contributed by atoms with Crippen molar-refractivity contribution >= 4 is 21.6 Å². The van der Waals surface area contributed by atoms with E-state index in [4.69, 9.17) is 4.74 Å². The predicted octanol–water partition coefficient (Wildman–Crippen LogP) is 5.08. The molecular formula is C16H17BrFNO. The standard InChI is InChI=1S/C16H17BrFNO/c1-10-7-8-15(20-3)12(9-10)11(2)19-16-13(17)5-4-6-14(16)18/h4-9,11,19H,1-3H3. The van der Waals surface area contributed by atoms with Gasteiger partial charge in [-0.25, -0.2) is 4.39 Å². The number of nitrogens with one attached hydrogen (secondary N) is 1. The fourth-order valence-corrected chi connectivity index (χ4v) is 2.58. The van der Waals surface area contributed by atoms with Crippen LogP contribution < -0.4 is 10.1 Å². The highest BCUT2D eigenvalue weighted by molar-refractivity contribution is 9.10. The Hall–Kier alpha value is -1.55. The van der Waals surface area contributed by atoms with Gasteiger partial charge in [-0.3, -0.25) is 0 Å². The predicted molar refractivity (Wildman–Crippen MR) is 83.9 cm³/mol. The van der Waals surface area contributed by atoms with Gasteiger partial charge in [-0.15, -0.1) is 0 Å². The van der Waals surface area contributed by atoms with Crippen molar-refractivity contribution in [3.05, 3.63) is 57.8 Å². The molecule has 106 valence electrons. The zero-order chi connectivity index (χ0) is 14.7. The van der Waals surface area contributed by atoms with Crippen LogP contribution in [0.3, 0.4) is 0 Å². The molecule has 0 aliphatic carbocycles. The van der Waals surface area contributed by atoms with Crippen molar-refractivity contribution in [2.75, 3.05) is 12.4 Å². The maximum absolute atomic E-state index is 13.9. The van der Waals surface area contributed by atoms with Gasteiger partial charge >= 0.3 is 0 Å². The van der Waals surface area contributed by atoms with Crippen molar-refractivity contribution < 1.29 is 9.13 Å². The van der Waals surface area contributed by atoms with Gasteiger partial charge < -0.3 is 10.1 Å². The first-order chi connectivity index (χ1) is 9.52. The number of hydrogen-bond acceptors (Lipinski definition) is 2. The van der Waals surface area contributed by atoms with E-state index in [1.807, 2.05) is 38.1 Å². The highest BCUT2D eigenvalue weighted by atomic mass is 79.9. The van der Waals surface area contributed by atoms with Crippen LogP contribution in [0.4, 0.5) is 10.1 Å². The highest BCUT2D eigenvalue weighted by Crippen LogP contribution is 2.32. The van der Waals surface area contributed by atoms with Crippen LogP contribution in [0.2, 0.25) is 0 Å². The Balaban J connectivity index is 2.33. The Bertz CT molecular complexity index is 595. The molecule has 0 radical (unpaired) electrons. The van der Waals surface area contributed by atoms with Crippen LogP contribution in [0.25, 0.3) is 0 Å². The zero-order valence-corrected chi connectivity index (χ0v) is 13.3. The Morgan fingerprint density at radius 1 is 1.25 bits per heavy atom. The van der Waals surface area contributed by atoms with E-state index in [1.165, 1.54) is 6.07 Å². The topological polar surface area (TPSA) is 21.3 Å². The summed E-state index contributed by atoms with van der Waals surface area (Å²) in [6.07, 6.45) is 0. The fraction of sp³-hybridized carbons (Fsp3) is 0.250. The average Bonchev–Trinajstić information content (AvgIpc) is 2.43. The summed E-state index contributed by atoms with van der Waals surface area (Å²) >= 11 is 3.36. The molecule has 0 saturated heterocycles. The van der Waals surface area contributed by atoms with Gasteiger partial charge in [0.25, 0.3) is 0 Å². The van der Waals surface area contributed by atoms with E-state index < -0.39 is 0 Å². The molecule has 4 heteroatoms. The molecule has 2 aromatic rings. The van der Waals surface area contributed by atoms with Crippen LogP contribution >= 0.6 is 15.9 Å². The number of para-hydroxylation sites is 1. The monoisotopic (exact) mass is 337 g/mol. The molecule has 0 heterocycles. The van der Waals surface area contributed by atoms with Crippen molar-refractivity contribution in [3.8, 4) is 5.75 Å². The molecule has 0 fully saturated rings. The number of halogens is 2. The number of ether oxygens (including phenoxy) is 1. The molecular weight excluding hydrogens is 321 g/mol. The molecule has 2 rings (SSSR count). The summed E-state index contributed by atoms with van der Waals surface area (Å²) in [5, 5.41) is 3.19. The lowest BCUT2D eigenvalue weighted by Crippen LogP contribution is -2.10. The van der Waals surface area contributed by atoms with E-state index in [-0.39, 0.29) is 11.9 Å². The van der Waals surface area contributed by atoms with Gasteiger partial charge in [-0.1, -0.05) is 23.8 Å². The second-order valence-electron chi connectivity index (χ2n) is 4.71. The van der Waals surface area contributed by atoms with Gasteiger partial charge in [0.05, 0.1) is 18.8 Å². The number of anilines is 1. The maximum Gasteiger partial charge on any atom is 0.147 e. The van der Waals surface area contributed by atoms with Gasteiger partial charge in [0, 0.05) is 10.0 Å². The van der Waals surface area contributed by atoms with E-state index >= 15 is 0 Å². The third kappa shape index (κ3) is 3.12. The summed E-state index contributed by atoms with van der Waals surface area (Å²) in [5.41, 5.74) is 2.60. The van der Waals surface area contributed by atoms with Crippen molar-refractivity contribution in [2.24, 2.45) is 0 Å². The van der Waals surface area contributed by atoms with Gasteiger partial charge in [0.2, 0.25) is 0 Å². The van der Waals surface area contributed by atoms with Crippen molar-refractivity contribution in [2.45, 2.75) is 19.9 Å². The van der Waals surface area contributed by atoms with Crippen LogP contribution in [-0.4, -0.2) is 7.11 Å². The third-order valence-electron chi connectivity index (χ3n) is 3.18. The molecule has 0 amide bonds. The normalized spacial score (nSPS) is 12.1. The summed E-state index contributed by atoms with van der Waals surface area (Å²) in [7, 11) is 1.64. The van der Waals surface area contributed by atoms with E-state index in [9.17, 15) is 4.39 Å². The van der Waals surface area contributed by atoms with Gasteiger partial charge in [0.1, 0.15) is 11.6 Å². The van der Waals surface area contributed by atoms with Crippen molar-refractivity contribution in [3.63, 3.8) is 0 Å². The molecule has 0 aliphatic rings. The molecule has 0 aromatic heterocycles. The Morgan fingerprint density at radius 2 is 2.00 bits per heavy atom. The molecule has 2 aromatic carbocycles. The zero-order valence-electron chi connectivity index (χ0n) is 11.7. The quantitative estimate of drug-likeness (QED) is 0.840. The molecule has 0 aliphatic heterocycles. The van der Waals surface area contributed by atoms with Crippen LogP contribution in [0.1, 0.15) is 24.1 Å². The lowest BCUT2D eigenvalue weighted by atomic mass is 10.0. The SMILES string of the molecule is COc1ccc(C)cc1C(C)Nc1c(F)cccc1Br. The molecule has 1 N–H and O–H groups in total. The Morgan fingerprint density at radius 3 is 2.65 bits per heavy atom. The summed E-state index contributed by atoms with van der Waals surface area (Å²) in [5.74, 6) is 0.515. The molecule has 1 unspecified atom stereocenters. The summed E-state index contributed by atoms with van der Waals surface area (Å²) < 4.78 is 19.9. The number of methoxy groups -OCH3 is 1. The van der Waals surface area contributed by atoms with E-state index in [0.717, 1.165) is 16.9 Å². The Labute approximate surface area is 127 Å². The number of aryl methyl sites for hydroxylation is 1. The minimum Gasteiger partial charge on any atom is -0.496 e. The lowest BCUT2D eigenvalue weighted by Gasteiger charge is -2.20. The minimum absolute atomic E-state index is 0.0713. The van der Waals surface area contributed by atoms with Crippen LogP contribution in [-0.2, 0) is 0 Å².